The highest BCUT2D eigenvalue weighted by Gasteiger charge is 2.25. The number of carbonyl (C=O) groups is 1. The standard InChI is InChI=1S/C13H17Cl2NO/c1-4-16-13(2,3)12(17)8-9-5-6-10(14)11(15)7-9/h5-7,16H,4,8H2,1-3H3. The van der Waals surface area contributed by atoms with E-state index in [2.05, 4.69) is 5.32 Å². The molecule has 0 heterocycles. The van der Waals surface area contributed by atoms with E-state index in [-0.39, 0.29) is 5.78 Å². The van der Waals surface area contributed by atoms with Crippen LogP contribution in [0.15, 0.2) is 18.2 Å². The second kappa shape index (κ2) is 5.85. The quantitative estimate of drug-likeness (QED) is 0.890. The van der Waals surface area contributed by atoms with Gasteiger partial charge in [0.15, 0.2) is 5.78 Å². The van der Waals surface area contributed by atoms with Crippen molar-refractivity contribution in [3.05, 3.63) is 33.8 Å². The minimum atomic E-state index is -0.513. The van der Waals surface area contributed by atoms with Gasteiger partial charge in [-0.05, 0) is 38.1 Å². The highest BCUT2D eigenvalue weighted by molar-refractivity contribution is 6.42. The van der Waals surface area contributed by atoms with Crippen LogP contribution in [0.2, 0.25) is 10.0 Å². The van der Waals surface area contributed by atoms with Gasteiger partial charge in [-0.15, -0.1) is 0 Å². The Kier molecular flexibility index (Phi) is 4.99. The van der Waals surface area contributed by atoms with Crippen LogP contribution in [0.3, 0.4) is 0 Å². The topological polar surface area (TPSA) is 29.1 Å². The first-order chi connectivity index (χ1) is 7.86. The van der Waals surface area contributed by atoms with Crippen molar-refractivity contribution in [1.29, 1.82) is 0 Å². The van der Waals surface area contributed by atoms with Crippen molar-refractivity contribution in [3.63, 3.8) is 0 Å². The number of halogens is 2. The lowest BCUT2D eigenvalue weighted by atomic mass is 9.93. The van der Waals surface area contributed by atoms with E-state index in [1.54, 1.807) is 12.1 Å². The van der Waals surface area contributed by atoms with Crippen LogP contribution in [-0.2, 0) is 11.2 Å². The molecule has 0 aromatic heterocycles. The van der Waals surface area contributed by atoms with Crippen LogP contribution >= 0.6 is 23.2 Å². The molecule has 0 spiro atoms. The second-order valence-corrected chi connectivity index (χ2v) is 5.32. The summed E-state index contributed by atoms with van der Waals surface area (Å²) < 4.78 is 0. The van der Waals surface area contributed by atoms with Crippen molar-refractivity contribution in [2.45, 2.75) is 32.7 Å². The summed E-state index contributed by atoms with van der Waals surface area (Å²) in [5, 5.41) is 4.15. The molecule has 1 rings (SSSR count). The molecule has 4 heteroatoms. The van der Waals surface area contributed by atoms with Crippen LogP contribution in [0.5, 0.6) is 0 Å². The normalized spacial score (nSPS) is 11.6. The fourth-order valence-electron chi connectivity index (χ4n) is 1.60. The van der Waals surface area contributed by atoms with Gasteiger partial charge in [-0.2, -0.15) is 0 Å². The van der Waals surface area contributed by atoms with Crippen LogP contribution in [-0.4, -0.2) is 17.9 Å². The lowest BCUT2D eigenvalue weighted by Gasteiger charge is -2.24. The van der Waals surface area contributed by atoms with Gasteiger partial charge in [0.2, 0.25) is 0 Å². The molecule has 0 saturated heterocycles. The fraction of sp³-hybridized carbons (Fsp3) is 0.462. The predicted octanol–water partition coefficient (Wildman–Crippen LogP) is 3.49. The van der Waals surface area contributed by atoms with Crippen LogP contribution < -0.4 is 5.32 Å². The zero-order valence-electron chi connectivity index (χ0n) is 10.3. The third-order valence-electron chi connectivity index (χ3n) is 2.66. The number of nitrogens with one attached hydrogen (secondary N) is 1. The Balaban J connectivity index is 2.77. The third-order valence-corrected chi connectivity index (χ3v) is 3.40. The molecule has 0 aliphatic rings. The Morgan fingerprint density at radius 1 is 1.29 bits per heavy atom. The van der Waals surface area contributed by atoms with E-state index in [4.69, 9.17) is 23.2 Å². The third kappa shape index (κ3) is 3.98. The van der Waals surface area contributed by atoms with Crippen molar-refractivity contribution >= 4 is 29.0 Å². The molecule has 0 aliphatic heterocycles. The Hall–Kier alpha value is -0.570. The maximum absolute atomic E-state index is 12.1. The number of carbonyl (C=O) groups excluding carboxylic acids is 1. The van der Waals surface area contributed by atoms with Gasteiger partial charge in [0.1, 0.15) is 0 Å². The van der Waals surface area contributed by atoms with E-state index >= 15 is 0 Å². The predicted molar refractivity (Wildman–Crippen MR) is 72.9 cm³/mol. The Morgan fingerprint density at radius 3 is 2.47 bits per heavy atom. The van der Waals surface area contributed by atoms with Gasteiger partial charge in [-0.1, -0.05) is 36.2 Å². The van der Waals surface area contributed by atoms with E-state index in [0.29, 0.717) is 16.5 Å². The van der Waals surface area contributed by atoms with Crippen LogP contribution in [0.1, 0.15) is 26.3 Å². The highest BCUT2D eigenvalue weighted by Crippen LogP contribution is 2.23. The van der Waals surface area contributed by atoms with Gasteiger partial charge in [-0.3, -0.25) is 4.79 Å². The molecule has 0 bridgehead atoms. The van der Waals surface area contributed by atoms with E-state index in [9.17, 15) is 4.79 Å². The van der Waals surface area contributed by atoms with Gasteiger partial charge < -0.3 is 5.32 Å². The number of hydrogen-bond acceptors (Lipinski definition) is 2. The van der Waals surface area contributed by atoms with Crippen molar-refractivity contribution in [3.8, 4) is 0 Å². The molecular weight excluding hydrogens is 257 g/mol. The molecule has 1 aromatic carbocycles. The largest absolute Gasteiger partial charge is 0.306 e. The lowest BCUT2D eigenvalue weighted by Crippen LogP contribution is -2.47. The SMILES string of the molecule is CCNC(C)(C)C(=O)Cc1ccc(Cl)c(Cl)c1. The summed E-state index contributed by atoms with van der Waals surface area (Å²) in [6.07, 6.45) is 0.358. The average molecular weight is 274 g/mol. The number of benzene rings is 1. The highest BCUT2D eigenvalue weighted by atomic mass is 35.5. The number of ketones is 1. The van der Waals surface area contributed by atoms with Gasteiger partial charge in [-0.25, -0.2) is 0 Å². The molecule has 1 aromatic rings. The molecule has 0 atom stereocenters. The molecule has 94 valence electrons. The lowest BCUT2D eigenvalue weighted by molar-refractivity contribution is -0.123. The number of Topliss-reactive ketones (excluding diaryl/α,β-unsaturated/α-hetero) is 1. The Labute approximate surface area is 112 Å². The Morgan fingerprint density at radius 2 is 1.94 bits per heavy atom. The van der Waals surface area contributed by atoms with Crippen LogP contribution in [0, 0.1) is 0 Å². The molecule has 0 unspecified atom stereocenters. The maximum Gasteiger partial charge on any atom is 0.156 e. The Bertz CT molecular complexity index is 416. The first kappa shape index (κ1) is 14.5. The molecular formula is C13H17Cl2NO. The molecule has 2 nitrogen and oxygen atoms in total. The molecule has 0 saturated carbocycles. The van der Waals surface area contributed by atoms with Crippen molar-refractivity contribution in [2.24, 2.45) is 0 Å². The minimum Gasteiger partial charge on any atom is -0.306 e. The summed E-state index contributed by atoms with van der Waals surface area (Å²) in [6.45, 7) is 6.51. The van der Waals surface area contributed by atoms with E-state index in [1.165, 1.54) is 0 Å². The zero-order chi connectivity index (χ0) is 13.1. The molecule has 0 amide bonds. The van der Waals surface area contributed by atoms with Gasteiger partial charge in [0, 0.05) is 6.42 Å². The van der Waals surface area contributed by atoms with Crippen molar-refractivity contribution < 1.29 is 4.79 Å². The first-order valence-electron chi connectivity index (χ1n) is 5.59. The minimum absolute atomic E-state index is 0.137. The van der Waals surface area contributed by atoms with E-state index in [1.807, 2.05) is 26.8 Å². The van der Waals surface area contributed by atoms with E-state index in [0.717, 1.165) is 12.1 Å². The molecule has 0 radical (unpaired) electrons. The van der Waals surface area contributed by atoms with Crippen LogP contribution in [0.4, 0.5) is 0 Å². The smallest absolute Gasteiger partial charge is 0.156 e. The summed E-state index contributed by atoms with van der Waals surface area (Å²) in [5.74, 6) is 0.137. The van der Waals surface area contributed by atoms with Gasteiger partial charge in [0.05, 0.1) is 15.6 Å². The van der Waals surface area contributed by atoms with Gasteiger partial charge >= 0.3 is 0 Å². The number of hydrogen-bond donors (Lipinski definition) is 1. The molecule has 1 N–H and O–H groups in total. The second-order valence-electron chi connectivity index (χ2n) is 4.50. The summed E-state index contributed by atoms with van der Waals surface area (Å²) >= 11 is 11.7. The maximum atomic E-state index is 12.1. The van der Waals surface area contributed by atoms with Crippen molar-refractivity contribution in [2.75, 3.05) is 6.54 Å². The summed E-state index contributed by atoms with van der Waals surface area (Å²) in [5.41, 5.74) is 0.372. The summed E-state index contributed by atoms with van der Waals surface area (Å²) in [4.78, 5) is 12.1. The molecule has 17 heavy (non-hydrogen) atoms. The summed E-state index contributed by atoms with van der Waals surface area (Å²) in [6, 6.07) is 5.28. The first-order valence-corrected chi connectivity index (χ1v) is 6.34. The number of rotatable bonds is 5. The average Bonchev–Trinajstić information content (AvgIpc) is 2.23. The van der Waals surface area contributed by atoms with Crippen LogP contribution in [0.25, 0.3) is 0 Å². The number of likely N-dealkylation sites (N-methyl/N-ethyl adjacent to an activating group) is 1. The van der Waals surface area contributed by atoms with Gasteiger partial charge in [0.25, 0.3) is 0 Å². The van der Waals surface area contributed by atoms with Crippen molar-refractivity contribution in [1.82, 2.24) is 5.32 Å². The summed E-state index contributed by atoms with van der Waals surface area (Å²) in [7, 11) is 0. The zero-order valence-corrected chi connectivity index (χ0v) is 11.8. The monoisotopic (exact) mass is 273 g/mol. The molecule has 0 fully saturated rings. The van der Waals surface area contributed by atoms with E-state index < -0.39 is 5.54 Å². The fourth-order valence-corrected chi connectivity index (χ4v) is 1.92. The molecule has 0 aliphatic carbocycles.